The van der Waals surface area contributed by atoms with Gasteiger partial charge in [0.1, 0.15) is 5.75 Å². The number of carboxylic acid groups (broad SMARTS) is 1. The Morgan fingerprint density at radius 3 is 2.56 bits per heavy atom. The molecule has 25 heavy (non-hydrogen) atoms. The molecule has 0 radical (unpaired) electrons. The Morgan fingerprint density at radius 2 is 1.96 bits per heavy atom. The smallest absolute Gasteiger partial charge is 0.344 e. The van der Waals surface area contributed by atoms with Crippen molar-refractivity contribution in [3.8, 4) is 5.75 Å². The third-order valence-corrected chi connectivity index (χ3v) is 6.81. The zero-order chi connectivity index (χ0) is 18.4. The Morgan fingerprint density at radius 1 is 1.28 bits per heavy atom. The summed E-state index contributed by atoms with van der Waals surface area (Å²) in [7, 11) is 0. The summed E-state index contributed by atoms with van der Waals surface area (Å²) in [6.07, 6.45) is 4.74. The molecular formula is C19H21Cl3O3. The van der Waals surface area contributed by atoms with Gasteiger partial charge in [-0.3, -0.25) is 0 Å². The van der Waals surface area contributed by atoms with Gasteiger partial charge in [-0.05, 0) is 49.0 Å². The fourth-order valence-corrected chi connectivity index (χ4v) is 4.62. The Labute approximate surface area is 162 Å². The lowest BCUT2D eigenvalue weighted by Gasteiger charge is -2.56. The van der Waals surface area contributed by atoms with E-state index in [1.807, 2.05) is 0 Å². The Balaban J connectivity index is 1.68. The van der Waals surface area contributed by atoms with E-state index in [9.17, 15) is 9.90 Å². The van der Waals surface area contributed by atoms with Gasteiger partial charge in [-0.2, -0.15) is 0 Å². The molecule has 0 aliphatic heterocycles. The summed E-state index contributed by atoms with van der Waals surface area (Å²) in [5, 5.41) is 10.3. The van der Waals surface area contributed by atoms with Gasteiger partial charge in [0.2, 0.25) is 0 Å². The van der Waals surface area contributed by atoms with Gasteiger partial charge in [0.15, 0.2) is 6.10 Å². The highest BCUT2D eigenvalue weighted by molar-refractivity contribution is 6.43. The number of allylic oxidation sites excluding steroid dienone is 2. The lowest BCUT2D eigenvalue weighted by molar-refractivity contribution is -0.145. The molecule has 3 aliphatic carbocycles. The molecule has 0 saturated heterocycles. The summed E-state index contributed by atoms with van der Waals surface area (Å²) in [5.41, 5.74) is 1.69. The number of carbonyl (C=O) groups is 1. The molecule has 6 heteroatoms. The highest BCUT2D eigenvalue weighted by atomic mass is 35.5. The van der Waals surface area contributed by atoms with E-state index >= 15 is 0 Å². The van der Waals surface area contributed by atoms with Crippen LogP contribution in [0.4, 0.5) is 0 Å². The molecule has 1 N–H and O–H groups in total. The number of hydrogen-bond acceptors (Lipinski definition) is 2. The van der Waals surface area contributed by atoms with E-state index in [0.717, 1.165) is 18.8 Å². The van der Waals surface area contributed by atoms with Crippen LogP contribution >= 0.6 is 34.8 Å². The van der Waals surface area contributed by atoms with Crippen molar-refractivity contribution >= 4 is 40.8 Å². The Kier molecular flexibility index (Phi) is 5.30. The van der Waals surface area contributed by atoms with Crippen LogP contribution in [0.25, 0.3) is 0 Å². The number of hydrogen-bond donors (Lipinski definition) is 1. The molecule has 0 amide bonds. The van der Waals surface area contributed by atoms with Crippen LogP contribution in [0.1, 0.15) is 39.5 Å². The van der Waals surface area contributed by atoms with E-state index in [4.69, 9.17) is 39.5 Å². The maximum Gasteiger partial charge on any atom is 0.344 e. The van der Waals surface area contributed by atoms with Crippen LogP contribution < -0.4 is 4.74 Å². The molecule has 1 fully saturated rings. The third-order valence-electron chi connectivity index (χ3n) is 5.80. The van der Waals surface area contributed by atoms with Crippen molar-refractivity contribution in [2.75, 3.05) is 0 Å². The van der Waals surface area contributed by atoms with Crippen LogP contribution in [0.2, 0.25) is 15.1 Å². The molecule has 1 aromatic carbocycles. The number of carboxylic acids is 1. The van der Waals surface area contributed by atoms with Crippen LogP contribution in [-0.4, -0.2) is 17.2 Å². The van der Waals surface area contributed by atoms with Crippen molar-refractivity contribution in [2.24, 2.45) is 17.3 Å². The van der Waals surface area contributed by atoms with Crippen molar-refractivity contribution in [3.63, 3.8) is 0 Å². The van der Waals surface area contributed by atoms with E-state index < -0.39 is 12.1 Å². The predicted molar refractivity (Wildman–Crippen MR) is 101 cm³/mol. The summed E-state index contributed by atoms with van der Waals surface area (Å²) < 4.78 is 5.63. The van der Waals surface area contributed by atoms with E-state index in [-0.39, 0.29) is 15.8 Å². The van der Waals surface area contributed by atoms with Crippen molar-refractivity contribution in [1.82, 2.24) is 0 Å². The lowest BCUT2D eigenvalue weighted by Crippen LogP contribution is -2.48. The predicted octanol–water partition coefficient (Wildman–Crippen LogP) is 6.25. The van der Waals surface area contributed by atoms with E-state index in [2.05, 4.69) is 19.9 Å². The van der Waals surface area contributed by atoms with Gasteiger partial charge >= 0.3 is 5.97 Å². The summed E-state index contributed by atoms with van der Waals surface area (Å²) in [5.74, 6) is 0.562. The zero-order valence-corrected chi connectivity index (χ0v) is 16.5. The van der Waals surface area contributed by atoms with Crippen LogP contribution in [0.3, 0.4) is 0 Å². The monoisotopic (exact) mass is 402 g/mol. The molecule has 0 spiro atoms. The molecule has 4 rings (SSSR count). The molecule has 3 nitrogen and oxygen atoms in total. The molecule has 0 aromatic heterocycles. The molecule has 3 unspecified atom stereocenters. The molecule has 3 aliphatic rings. The molecule has 1 saturated carbocycles. The molecule has 3 atom stereocenters. The number of fused-ring (bicyclic) bond motifs is 1. The van der Waals surface area contributed by atoms with Crippen molar-refractivity contribution in [2.45, 2.75) is 45.6 Å². The average molecular weight is 404 g/mol. The Hall–Kier alpha value is -0.900. The largest absolute Gasteiger partial charge is 0.479 e. The second-order valence-electron chi connectivity index (χ2n) is 7.50. The average Bonchev–Trinajstić information content (AvgIpc) is 2.55. The second kappa shape index (κ2) is 7.02. The molecular weight excluding hydrogens is 383 g/mol. The molecule has 1 aromatic rings. The van der Waals surface area contributed by atoms with E-state index in [1.165, 1.54) is 24.1 Å². The summed E-state index contributed by atoms with van der Waals surface area (Å²) in [4.78, 5) is 11.6. The number of ether oxygens (including phenoxy) is 1. The number of halogens is 3. The maximum atomic E-state index is 11.6. The van der Waals surface area contributed by atoms with Gasteiger partial charge in [-0.15, -0.1) is 0 Å². The van der Waals surface area contributed by atoms with Crippen molar-refractivity contribution < 1.29 is 14.6 Å². The first-order valence-corrected chi connectivity index (χ1v) is 9.56. The number of benzene rings is 1. The van der Waals surface area contributed by atoms with Crippen LogP contribution in [-0.2, 0) is 4.79 Å². The van der Waals surface area contributed by atoms with Gasteiger partial charge in [-0.25, -0.2) is 4.79 Å². The van der Waals surface area contributed by atoms with Gasteiger partial charge in [0, 0.05) is 6.07 Å². The molecule has 0 heterocycles. The van der Waals surface area contributed by atoms with Gasteiger partial charge in [-0.1, -0.05) is 60.3 Å². The van der Waals surface area contributed by atoms with Gasteiger partial charge < -0.3 is 9.84 Å². The first kappa shape index (κ1) is 18.9. The number of aliphatic carboxylic acids is 1. The van der Waals surface area contributed by atoms with Gasteiger partial charge in [0.05, 0.1) is 15.1 Å². The minimum absolute atomic E-state index is 0.241. The van der Waals surface area contributed by atoms with Crippen molar-refractivity contribution in [1.29, 1.82) is 0 Å². The fourth-order valence-electron chi connectivity index (χ4n) is 4.04. The summed E-state index contributed by atoms with van der Waals surface area (Å²) >= 11 is 18.0. The maximum absolute atomic E-state index is 11.6. The van der Waals surface area contributed by atoms with E-state index in [1.54, 1.807) is 0 Å². The van der Waals surface area contributed by atoms with Gasteiger partial charge in [0.25, 0.3) is 0 Å². The SMILES string of the molecule is CC1(C)C2CC=C(CCC(Oc3cc(Cl)c(Cl)cc3Cl)C(=O)O)C1C2. The van der Waals surface area contributed by atoms with Crippen LogP contribution in [0.5, 0.6) is 5.75 Å². The van der Waals surface area contributed by atoms with Crippen LogP contribution in [0, 0.1) is 17.3 Å². The first-order valence-electron chi connectivity index (χ1n) is 8.43. The fraction of sp³-hybridized carbons (Fsp3) is 0.526. The highest BCUT2D eigenvalue weighted by Gasteiger charge is 2.50. The molecule has 2 bridgehead atoms. The minimum atomic E-state index is -1.01. The summed E-state index contributed by atoms with van der Waals surface area (Å²) in [6, 6.07) is 2.92. The summed E-state index contributed by atoms with van der Waals surface area (Å²) in [6.45, 7) is 4.61. The lowest BCUT2D eigenvalue weighted by atomic mass is 9.48. The normalized spacial score (nSPS) is 24.9. The van der Waals surface area contributed by atoms with Crippen molar-refractivity contribution in [3.05, 3.63) is 38.8 Å². The highest BCUT2D eigenvalue weighted by Crippen LogP contribution is 2.59. The quantitative estimate of drug-likeness (QED) is 0.451. The number of rotatable bonds is 6. The standard InChI is InChI=1S/C19H21Cl3O3/c1-19(2)11-5-3-10(12(19)7-11)4-6-16(18(23)24)25-17-9-14(21)13(20)8-15(17)22/h3,8-9,11-12,16H,4-7H2,1-2H3,(H,23,24). The zero-order valence-electron chi connectivity index (χ0n) is 14.2. The third kappa shape index (κ3) is 3.65. The van der Waals surface area contributed by atoms with Crippen LogP contribution in [0.15, 0.2) is 23.8 Å². The van der Waals surface area contributed by atoms with E-state index in [0.29, 0.717) is 22.8 Å². The second-order valence-corrected chi connectivity index (χ2v) is 8.72. The minimum Gasteiger partial charge on any atom is -0.479 e. The topological polar surface area (TPSA) is 46.5 Å². The molecule has 136 valence electrons. The first-order chi connectivity index (χ1) is 11.7. The Bertz CT molecular complexity index is 727.